The Morgan fingerprint density at radius 2 is 2.27 bits per heavy atom. The lowest BCUT2D eigenvalue weighted by Gasteiger charge is -2.03. The fraction of sp³-hybridized carbons (Fsp3) is 0.417. The number of fused-ring (bicyclic) bond motifs is 1. The predicted molar refractivity (Wildman–Crippen MR) is 70.1 cm³/mol. The van der Waals surface area contributed by atoms with Crippen molar-refractivity contribution in [2.24, 2.45) is 0 Å². The molecule has 0 aliphatic heterocycles. The van der Waals surface area contributed by atoms with E-state index in [-0.39, 0.29) is 0 Å². The maximum atomic E-state index is 4.76. The molecule has 3 heteroatoms. The summed E-state index contributed by atoms with van der Waals surface area (Å²) in [4.78, 5) is 4.76. The molecule has 2 nitrogen and oxygen atoms in total. The zero-order chi connectivity index (χ0) is 10.4. The lowest BCUT2D eigenvalue weighted by atomic mass is 10.3. The molecule has 1 heterocycles. The number of hydrogen-bond acceptors (Lipinski definition) is 1. The molecule has 0 atom stereocenters. The lowest BCUT2D eigenvalue weighted by molar-refractivity contribution is 0.720. The van der Waals surface area contributed by atoms with Crippen molar-refractivity contribution < 1.29 is 0 Å². The van der Waals surface area contributed by atoms with Crippen LogP contribution in [0.3, 0.4) is 0 Å². The third-order valence-corrected chi connectivity index (χ3v) is 3.67. The number of aryl methyl sites for hydroxylation is 1. The summed E-state index contributed by atoms with van der Waals surface area (Å²) in [6.07, 6.45) is 2.64. The van der Waals surface area contributed by atoms with Crippen LogP contribution < -0.4 is 0 Å². The van der Waals surface area contributed by atoms with Crippen molar-refractivity contribution in [1.82, 2.24) is 9.55 Å². The number of benzene rings is 1. The summed E-state index contributed by atoms with van der Waals surface area (Å²) in [5.74, 6) is 2.03. The first kappa shape index (κ1) is 9.63. The van der Waals surface area contributed by atoms with Crippen LogP contribution in [0.1, 0.15) is 31.5 Å². The van der Waals surface area contributed by atoms with Gasteiger partial charge in [-0.25, -0.2) is 4.98 Å². The Hall–Kier alpha value is -0.580. The first-order valence-electron chi connectivity index (χ1n) is 5.45. The molecule has 15 heavy (non-hydrogen) atoms. The van der Waals surface area contributed by atoms with Gasteiger partial charge in [0.05, 0.1) is 11.0 Å². The fourth-order valence-electron chi connectivity index (χ4n) is 2.11. The van der Waals surface area contributed by atoms with Crippen molar-refractivity contribution in [1.29, 1.82) is 0 Å². The Morgan fingerprint density at radius 3 is 2.93 bits per heavy atom. The molecule has 0 N–H and O–H groups in total. The normalized spacial score (nSPS) is 16.1. The molecule has 2 aromatic rings. The zero-order valence-electron chi connectivity index (χ0n) is 8.70. The number of imidazole rings is 1. The summed E-state index contributed by atoms with van der Waals surface area (Å²) in [7, 11) is 0. The van der Waals surface area contributed by atoms with Crippen LogP contribution in [0.5, 0.6) is 0 Å². The molecule has 1 aromatic heterocycles. The molecular weight excluding hydrogens is 299 g/mol. The number of halogens is 1. The van der Waals surface area contributed by atoms with Crippen molar-refractivity contribution in [2.45, 2.75) is 32.2 Å². The average molecular weight is 312 g/mol. The SMILES string of the molecule is CCn1c(C2CC2)nc2cc(I)ccc21. The first-order valence-corrected chi connectivity index (χ1v) is 6.53. The van der Waals surface area contributed by atoms with Crippen LogP contribution in [0.15, 0.2) is 18.2 Å². The third-order valence-electron chi connectivity index (χ3n) is 3.00. The molecular formula is C12H13IN2. The molecule has 0 radical (unpaired) electrons. The predicted octanol–water partition coefficient (Wildman–Crippen LogP) is 3.54. The summed E-state index contributed by atoms with van der Waals surface area (Å²) >= 11 is 2.34. The second-order valence-corrected chi connectivity index (χ2v) is 5.37. The van der Waals surface area contributed by atoms with Crippen molar-refractivity contribution in [3.8, 4) is 0 Å². The van der Waals surface area contributed by atoms with Gasteiger partial charge in [0.2, 0.25) is 0 Å². The highest BCUT2D eigenvalue weighted by Crippen LogP contribution is 2.40. The highest BCUT2D eigenvalue weighted by atomic mass is 127. The van der Waals surface area contributed by atoms with E-state index in [9.17, 15) is 0 Å². The fourth-order valence-corrected chi connectivity index (χ4v) is 2.58. The number of rotatable bonds is 2. The van der Waals surface area contributed by atoms with E-state index < -0.39 is 0 Å². The smallest absolute Gasteiger partial charge is 0.112 e. The molecule has 0 saturated heterocycles. The van der Waals surface area contributed by atoms with E-state index in [0.29, 0.717) is 0 Å². The van der Waals surface area contributed by atoms with E-state index >= 15 is 0 Å². The van der Waals surface area contributed by atoms with Gasteiger partial charge in [0.15, 0.2) is 0 Å². The van der Waals surface area contributed by atoms with Crippen LogP contribution in [0.25, 0.3) is 11.0 Å². The van der Waals surface area contributed by atoms with Crippen molar-refractivity contribution in [3.63, 3.8) is 0 Å². The Labute approximate surface area is 103 Å². The van der Waals surface area contributed by atoms with Crippen LogP contribution in [0, 0.1) is 3.57 Å². The molecule has 0 bridgehead atoms. The van der Waals surface area contributed by atoms with Gasteiger partial charge < -0.3 is 4.57 Å². The summed E-state index contributed by atoms with van der Waals surface area (Å²) < 4.78 is 3.63. The van der Waals surface area contributed by atoms with Crippen LogP contribution in [0.4, 0.5) is 0 Å². The maximum absolute atomic E-state index is 4.76. The monoisotopic (exact) mass is 312 g/mol. The second-order valence-electron chi connectivity index (χ2n) is 4.12. The quantitative estimate of drug-likeness (QED) is 0.776. The molecule has 78 valence electrons. The molecule has 0 unspecified atom stereocenters. The summed E-state index contributed by atoms with van der Waals surface area (Å²) in [6, 6.07) is 6.53. The topological polar surface area (TPSA) is 17.8 Å². The van der Waals surface area contributed by atoms with Gasteiger partial charge in [0.25, 0.3) is 0 Å². The second kappa shape index (κ2) is 3.47. The van der Waals surface area contributed by atoms with E-state index in [1.54, 1.807) is 0 Å². The van der Waals surface area contributed by atoms with Crippen molar-refractivity contribution in [3.05, 3.63) is 27.6 Å². The maximum Gasteiger partial charge on any atom is 0.112 e. The largest absolute Gasteiger partial charge is 0.328 e. The molecule has 1 aliphatic rings. The Morgan fingerprint density at radius 1 is 1.47 bits per heavy atom. The summed E-state index contributed by atoms with van der Waals surface area (Å²) in [5.41, 5.74) is 2.45. The van der Waals surface area contributed by atoms with Gasteiger partial charge in [-0.05, 0) is 60.6 Å². The Bertz CT molecular complexity index is 512. The van der Waals surface area contributed by atoms with Gasteiger partial charge in [-0.15, -0.1) is 0 Å². The molecule has 1 aliphatic carbocycles. The van der Waals surface area contributed by atoms with Crippen LogP contribution >= 0.6 is 22.6 Å². The Balaban J connectivity index is 2.26. The van der Waals surface area contributed by atoms with Gasteiger partial charge in [0, 0.05) is 16.0 Å². The van der Waals surface area contributed by atoms with Crippen molar-refractivity contribution in [2.75, 3.05) is 0 Å². The number of nitrogens with zero attached hydrogens (tertiary/aromatic N) is 2. The minimum absolute atomic E-state index is 0.731. The standard InChI is InChI=1S/C12H13IN2/c1-2-15-11-6-5-9(13)7-10(11)14-12(15)8-3-4-8/h5-8H,2-4H2,1H3. The number of hydrogen-bond donors (Lipinski definition) is 0. The van der Waals surface area contributed by atoms with Crippen molar-refractivity contribution >= 4 is 33.6 Å². The summed E-state index contributed by atoms with van der Waals surface area (Å²) in [5, 5.41) is 0. The molecule has 0 spiro atoms. The van der Waals surface area contributed by atoms with Crippen LogP contribution in [-0.2, 0) is 6.54 Å². The van der Waals surface area contributed by atoms with Crippen LogP contribution in [0.2, 0.25) is 0 Å². The highest BCUT2D eigenvalue weighted by molar-refractivity contribution is 14.1. The van der Waals surface area contributed by atoms with Gasteiger partial charge in [-0.2, -0.15) is 0 Å². The number of aromatic nitrogens is 2. The van der Waals surface area contributed by atoms with E-state index in [1.807, 2.05) is 0 Å². The molecule has 1 fully saturated rings. The van der Waals surface area contributed by atoms with Gasteiger partial charge in [-0.3, -0.25) is 0 Å². The molecule has 0 amide bonds. The molecule has 3 rings (SSSR count). The van der Waals surface area contributed by atoms with E-state index in [0.717, 1.165) is 18.0 Å². The summed E-state index contributed by atoms with van der Waals surface area (Å²) in [6.45, 7) is 3.23. The minimum atomic E-state index is 0.731. The molecule has 1 aromatic carbocycles. The first-order chi connectivity index (χ1) is 7.29. The molecule has 1 saturated carbocycles. The van der Waals surface area contributed by atoms with E-state index in [1.165, 1.54) is 27.8 Å². The Kier molecular flexibility index (Phi) is 2.23. The van der Waals surface area contributed by atoms with E-state index in [4.69, 9.17) is 4.98 Å². The zero-order valence-corrected chi connectivity index (χ0v) is 10.9. The third kappa shape index (κ3) is 1.57. The van der Waals surface area contributed by atoms with E-state index in [2.05, 4.69) is 52.3 Å². The highest BCUT2D eigenvalue weighted by Gasteiger charge is 2.29. The van der Waals surface area contributed by atoms with Crippen LogP contribution in [-0.4, -0.2) is 9.55 Å². The van der Waals surface area contributed by atoms with Gasteiger partial charge in [-0.1, -0.05) is 0 Å². The van der Waals surface area contributed by atoms with Gasteiger partial charge >= 0.3 is 0 Å². The average Bonchev–Trinajstić information content (AvgIpc) is 2.99. The lowest BCUT2D eigenvalue weighted by Crippen LogP contribution is -1.99. The minimum Gasteiger partial charge on any atom is -0.328 e. The van der Waals surface area contributed by atoms with Gasteiger partial charge in [0.1, 0.15) is 5.82 Å².